The van der Waals surface area contributed by atoms with E-state index >= 15 is 0 Å². The van der Waals surface area contributed by atoms with Crippen LogP contribution >= 0.6 is 0 Å². The molecule has 0 saturated carbocycles. The maximum absolute atomic E-state index is 13.0. The van der Waals surface area contributed by atoms with Gasteiger partial charge < -0.3 is 14.1 Å². The molecular weight excluding hydrogens is 395 g/mol. The second-order valence-electron chi connectivity index (χ2n) is 7.92. The average Bonchev–Trinajstić information content (AvgIpc) is 3.13. The highest BCUT2D eigenvalue weighted by Crippen LogP contribution is 2.17. The van der Waals surface area contributed by atoms with Crippen LogP contribution in [0.25, 0.3) is 0 Å². The molecule has 0 atom stereocenters. The number of furan rings is 1. The first-order chi connectivity index (χ1) is 15.1. The number of aryl methyl sites for hydroxylation is 1. The number of halogens is 1. The van der Waals surface area contributed by atoms with E-state index in [1.54, 1.807) is 24.3 Å². The Labute approximate surface area is 182 Å². The first-order valence-electron chi connectivity index (χ1n) is 10.6. The maximum atomic E-state index is 13.0. The van der Waals surface area contributed by atoms with E-state index in [0.29, 0.717) is 30.4 Å². The van der Waals surface area contributed by atoms with Crippen LogP contribution in [-0.4, -0.2) is 41.9 Å². The first-order valence-corrected chi connectivity index (χ1v) is 10.6. The highest BCUT2D eigenvalue weighted by atomic mass is 19.1. The molecule has 0 spiro atoms. The molecule has 1 aliphatic rings. The lowest BCUT2D eigenvalue weighted by Crippen LogP contribution is -2.34. The SMILES string of the molecule is Cc1ccc(CN2CCCN(C(=O)c3ccc(COc4ccc(F)cc4)o3)CC2)cc1. The molecule has 1 aromatic heterocycles. The van der Waals surface area contributed by atoms with Crippen LogP contribution in [0.4, 0.5) is 4.39 Å². The molecule has 3 aromatic rings. The number of carbonyl (C=O) groups is 1. The van der Waals surface area contributed by atoms with Crippen LogP contribution in [0.15, 0.2) is 65.1 Å². The molecule has 0 unspecified atom stereocenters. The molecule has 0 N–H and O–H groups in total. The van der Waals surface area contributed by atoms with Gasteiger partial charge >= 0.3 is 0 Å². The van der Waals surface area contributed by atoms with Crippen LogP contribution < -0.4 is 4.74 Å². The van der Waals surface area contributed by atoms with E-state index in [9.17, 15) is 9.18 Å². The Morgan fingerprint density at radius 1 is 0.968 bits per heavy atom. The lowest BCUT2D eigenvalue weighted by Gasteiger charge is -2.21. The van der Waals surface area contributed by atoms with E-state index in [-0.39, 0.29) is 18.3 Å². The van der Waals surface area contributed by atoms with Crippen molar-refractivity contribution in [3.63, 3.8) is 0 Å². The Morgan fingerprint density at radius 2 is 1.74 bits per heavy atom. The van der Waals surface area contributed by atoms with Crippen molar-refractivity contribution in [2.24, 2.45) is 0 Å². The largest absolute Gasteiger partial charge is 0.486 e. The second kappa shape index (κ2) is 9.79. The molecule has 0 aliphatic carbocycles. The van der Waals surface area contributed by atoms with E-state index in [4.69, 9.17) is 9.15 Å². The van der Waals surface area contributed by atoms with Crippen LogP contribution in [0.2, 0.25) is 0 Å². The molecule has 1 amide bonds. The Morgan fingerprint density at radius 3 is 2.52 bits per heavy atom. The number of nitrogens with zero attached hydrogens (tertiary/aromatic N) is 2. The second-order valence-corrected chi connectivity index (χ2v) is 7.92. The molecule has 1 fully saturated rings. The van der Waals surface area contributed by atoms with Crippen LogP contribution in [0, 0.1) is 12.7 Å². The Balaban J connectivity index is 1.30. The summed E-state index contributed by atoms with van der Waals surface area (Å²) in [7, 11) is 0. The quantitative estimate of drug-likeness (QED) is 0.580. The van der Waals surface area contributed by atoms with E-state index in [0.717, 1.165) is 26.1 Å². The molecule has 1 saturated heterocycles. The van der Waals surface area contributed by atoms with Gasteiger partial charge in [-0.15, -0.1) is 0 Å². The predicted molar refractivity (Wildman–Crippen MR) is 116 cm³/mol. The Hall–Kier alpha value is -3.12. The van der Waals surface area contributed by atoms with Crippen molar-refractivity contribution in [1.29, 1.82) is 0 Å². The molecular formula is C25H27FN2O3. The number of benzene rings is 2. The highest BCUT2D eigenvalue weighted by Gasteiger charge is 2.23. The van der Waals surface area contributed by atoms with Gasteiger partial charge in [0.1, 0.15) is 23.9 Å². The first kappa shape index (κ1) is 21.1. The smallest absolute Gasteiger partial charge is 0.289 e. The number of amides is 1. The summed E-state index contributed by atoms with van der Waals surface area (Å²) >= 11 is 0. The number of carbonyl (C=O) groups excluding carboxylic acids is 1. The maximum Gasteiger partial charge on any atom is 0.289 e. The molecule has 2 aromatic carbocycles. The summed E-state index contributed by atoms with van der Waals surface area (Å²) in [6, 6.07) is 17.9. The minimum absolute atomic E-state index is 0.0924. The summed E-state index contributed by atoms with van der Waals surface area (Å²) in [5, 5.41) is 0. The van der Waals surface area contributed by atoms with Crippen LogP contribution in [-0.2, 0) is 13.2 Å². The predicted octanol–water partition coefficient (Wildman–Crippen LogP) is 4.65. The van der Waals surface area contributed by atoms with Gasteiger partial charge in [0.25, 0.3) is 5.91 Å². The molecule has 5 nitrogen and oxygen atoms in total. The number of hydrogen-bond donors (Lipinski definition) is 0. The molecule has 0 bridgehead atoms. The zero-order chi connectivity index (χ0) is 21.6. The summed E-state index contributed by atoms with van der Waals surface area (Å²) in [5.41, 5.74) is 2.56. The molecule has 1 aliphatic heterocycles. The number of rotatable bonds is 6. The topological polar surface area (TPSA) is 45.9 Å². The fraction of sp³-hybridized carbons (Fsp3) is 0.320. The lowest BCUT2D eigenvalue weighted by molar-refractivity contribution is 0.0725. The summed E-state index contributed by atoms with van der Waals surface area (Å²) < 4.78 is 24.3. The van der Waals surface area contributed by atoms with Crippen LogP contribution in [0.5, 0.6) is 5.75 Å². The van der Waals surface area contributed by atoms with E-state index in [1.165, 1.54) is 23.3 Å². The van der Waals surface area contributed by atoms with Gasteiger partial charge in [-0.25, -0.2) is 4.39 Å². The van der Waals surface area contributed by atoms with Crippen molar-refractivity contribution in [2.75, 3.05) is 26.2 Å². The molecule has 2 heterocycles. The zero-order valence-corrected chi connectivity index (χ0v) is 17.7. The number of ether oxygens (including phenoxy) is 1. The summed E-state index contributed by atoms with van der Waals surface area (Å²) in [4.78, 5) is 17.2. The van der Waals surface area contributed by atoms with Gasteiger partial charge in [0.2, 0.25) is 0 Å². The van der Waals surface area contributed by atoms with Crippen molar-refractivity contribution in [1.82, 2.24) is 9.80 Å². The normalized spacial score (nSPS) is 15.0. The minimum atomic E-state index is -0.312. The van der Waals surface area contributed by atoms with Crippen molar-refractivity contribution in [3.8, 4) is 5.75 Å². The average molecular weight is 423 g/mol. The van der Waals surface area contributed by atoms with Crippen molar-refractivity contribution in [2.45, 2.75) is 26.5 Å². The number of hydrogen-bond acceptors (Lipinski definition) is 4. The fourth-order valence-electron chi connectivity index (χ4n) is 3.70. The molecule has 4 rings (SSSR count). The van der Waals surface area contributed by atoms with Crippen molar-refractivity contribution < 1.29 is 18.3 Å². The monoisotopic (exact) mass is 422 g/mol. The molecule has 162 valence electrons. The van der Waals surface area contributed by atoms with Crippen LogP contribution in [0.1, 0.15) is 33.9 Å². The van der Waals surface area contributed by atoms with Gasteiger partial charge in [-0.3, -0.25) is 9.69 Å². The Kier molecular flexibility index (Phi) is 6.67. The summed E-state index contributed by atoms with van der Waals surface area (Å²) in [5.74, 6) is 1.03. The van der Waals surface area contributed by atoms with Gasteiger partial charge in [-0.1, -0.05) is 29.8 Å². The van der Waals surface area contributed by atoms with Gasteiger partial charge in [-0.2, -0.15) is 0 Å². The third kappa shape index (κ3) is 5.73. The minimum Gasteiger partial charge on any atom is -0.486 e. The van der Waals surface area contributed by atoms with E-state index in [1.807, 2.05) is 4.90 Å². The lowest BCUT2D eigenvalue weighted by atomic mass is 10.1. The zero-order valence-electron chi connectivity index (χ0n) is 17.7. The van der Waals surface area contributed by atoms with Gasteiger partial charge in [0.05, 0.1) is 0 Å². The summed E-state index contributed by atoms with van der Waals surface area (Å²) in [6.07, 6.45) is 0.929. The van der Waals surface area contributed by atoms with Gasteiger partial charge in [0, 0.05) is 32.7 Å². The third-order valence-electron chi connectivity index (χ3n) is 5.47. The van der Waals surface area contributed by atoms with Crippen LogP contribution in [0.3, 0.4) is 0 Å². The van der Waals surface area contributed by atoms with E-state index in [2.05, 4.69) is 36.1 Å². The van der Waals surface area contributed by atoms with Gasteiger partial charge in [0.15, 0.2) is 5.76 Å². The molecule has 6 heteroatoms. The molecule has 31 heavy (non-hydrogen) atoms. The van der Waals surface area contributed by atoms with Crippen molar-refractivity contribution in [3.05, 3.63) is 89.1 Å². The third-order valence-corrected chi connectivity index (χ3v) is 5.47. The van der Waals surface area contributed by atoms with Gasteiger partial charge in [-0.05, 0) is 55.3 Å². The highest BCUT2D eigenvalue weighted by molar-refractivity contribution is 5.91. The fourth-order valence-corrected chi connectivity index (χ4v) is 3.70. The summed E-state index contributed by atoms with van der Waals surface area (Å²) in [6.45, 7) is 6.36. The molecule has 0 radical (unpaired) electrons. The Bertz CT molecular complexity index is 998. The standard InChI is InChI=1S/C25H27FN2O3/c1-19-3-5-20(6-4-19)17-27-13-2-14-28(16-15-27)25(29)24-12-11-23(31-24)18-30-22-9-7-21(26)8-10-22/h3-12H,2,13-18H2,1H3. The van der Waals surface area contributed by atoms with Crippen molar-refractivity contribution >= 4 is 5.91 Å². The van der Waals surface area contributed by atoms with E-state index < -0.39 is 0 Å².